The zero-order valence-corrected chi connectivity index (χ0v) is 40.3. The van der Waals surface area contributed by atoms with Crippen molar-refractivity contribution in [1.82, 2.24) is 0 Å². The number of rotatable bonds is 33. The monoisotopic (exact) mass is 903 g/mol. The minimum Gasteiger partial charge on any atom is -0.494 e. The fourth-order valence-corrected chi connectivity index (χ4v) is 6.32. The molecule has 0 bridgehead atoms. The van der Waals surface area contributed by atoms with Crippen molar-refractivity contribution in [2.45, 2.75) is 156 Å². The molecule has 354 valence electrons. The number of carbonyl (C=O) groups excluding carboxylic acids is 2. The molecule has 0 aliphatic carbocycles. The van der Waals surface area contributed by atoms with Gasteiger partial charge in [0, 0.05) is 5.56 Å². The second-order valence-electron chi connectivity index (χ2n) is 15.6. The Kier molecular flexibility index (Phi) is 36.6. The Bertz CT molecular complexity index is 1650. The molecule has 0 heterocycles. The summed E-state index contributed by atoms with van der Waals surface area (Å²) in [4.78, 5) is 33.3. The summed E-state index contributed by atoms with van der Waals surface area (Å²) in [5.74, 6) is 0.776. The molecule has 0 aromatic heterocycles. The maximum absolute atomic E-state index is 11.4. The first-order chi connectivity index (χ1) is 31.2. The van der Waals surface area contributed by atoms with Gasteiger partial charge in [-0.15, -0.1) is 0 Å². The van der Waals surface area contributed by atoms with Crippen molar-refractivity contribution in [3.63, 3.8) is 0 Å². The van der Waals surface area contributed by atoms with Gasteiger partial charge in [-0.2, -0.15) is 0 Å². The number of unbranched alkanes of at least 4 members (excludes halogenated alkanes) is 15. The number of hydrogen-bond acceptors (Lipinski definition) is 7. The molecule has 8 nitrogen and oxygen atoms in total. The molecule has 0 saturated carbocycles. The van der Waals surface area contributed by atoms with Gasteiger partial charge < -0.3 is 24.1 Å². The van der Waals surface area contributed by atoms with E-state index in [1.165, 1.54) is 103 Å². The number of carbonyl (C=O) groups is 3. The largest absolute Gasteiger partial charge is 0.494 e. The molecule has 3 aromatic rings. The van der Waals surface area contributed by atoms with Crippen LogP contribution in [0.3, 0.4) is 0 Å². The van der Waals surface area contributed by atoms with E-state index < -0.39 is 11.2 Å². The number of aromatic carboxylic acids is 1. The molecule has 0 spiro atoms. The van der Waals surface area contributed by atoms with Crippen molar-refractivity contribution in [2.75, 3.05) is 26.9 Å². The molecule has 0 aliphatic rings. The van der Waals surface area contributed by atoms with Gasteiger partial charge in [-0.05, 0) is 143 Å². The van der Waals surface area contributed by atoms with E-state index in [4.69, 9.17) is 35.7 Å². The van der Waals surface area contributed by atoms with Crippen molar-refractivity contribution in [1.29, 1.82) is 0 Å². The average molecular weight is 904 g/mol. The molecule has 0 unspecified atom stereocenters. The Morgan fingerprint density at radius 1 is 0.469 bits per heavy atom. The summed E-state index contributed by atoms with van der Waals surface area (Å²) in [5.41, 5.74) is 1.26. The molecule has 3 rings (SSSR count). The van der Waals surface area contributed by atoms with E-state index in [1.54, 1.807) is 60.7 Å². The van der Waals surface area contributed by atoms with Gasteiger partial charge in [0.1, 0.15) is 17.2 Å². The smallest absolute Gasteiger partial charge is 0.337 e. The van der Waals surface area contributed by atoms with Crippen LogP contribution in [0.1, 0.15) is 187 Å². The summed E-state index contributed by atoms with van der Waals surface area (Å²) < 4.78 is 21.5. The van der Waals surface area contributed by atoms with Gasteiger partial charge in [0.2, 0.25) is 0 Å². The third-order valence-corrected chi connectivity index (χ3v) is 10.1. The molecule has 0 saturated heterocycles. The maximum Gasteiger partial charge on any atom is 0.337 e. The van der Waals surface area contributed by atoms with Crippen LogP contribution in [0.15, 0.2) is 109 Å². The highest BCUT2D eigenvalue weighted by atomic mass is 35.5. The van der Waals surface area contributed by atoms with Gasteiger partial charge in [0.05, 0.1) is 38.1 Å². The summed E-state index contributed by atoms with van der Waals surface area (Å²) in [6.45, 7) is 8.61. The number of methoxy groups -OCH3 is 1. The van der Waals surface area contributed by atoms with Gasteiger partial charge >= 0.3 is 11.9 Å². The molecule has 0 amide bonds. The number of carboxylic acids is 1. The van der Waals surface area contributed by atoms with E-state index in [0.717, 1.165) is 38.5 Å². The van der Waals surface area contributed by atoms with Crippen molar-refractivity contribution >= 4 is 28.8 Å². The van der Waals surface area contributed by atoms with E-state index in [0.29, 0.717) is 48.2 Å². The lowest BCUT2D eigenvalue weighted by Crippen LogP contribution is -2.02. The van der Waals surface area contributed by atoms with Gasteiger partial charge in [-0.1, -0.05) is 133 Å². The number of halogens is 1. The van der Waals surface area contributed by atoms with Crippen molar-refractivity contribution < 1.29 is 38.4 Å². The Hall–Kier alpha value is -4.82. The van der Waals surface area contributed by atoms with Gasteiger partial charge in [-0.3, -0.25) is 4.79 Å². The number of hydrogen-bond donors (Lipinski definition) is 1. The van der Waals surface area contributed by atoms with Crippen LogP contribution >= 0.6 is 11.6 Å². The van der Waals surface area contributed by atoms with Crippen LogP contribution in [0.5, 0.6) is 17.2 Å². The van der Waals surface area contributed by atoms with Crippen LogP contribution in [0, 0.1) is 0 Å². The van der Waals surface area contributed by atoms with Gasteiger partial charge in [0.15, 0.2) is 0 Å². The number of carboxylic acid groups (broad SMARTS) is 1. The zero-order valence-electron chi connectivity index (χ0n) is 39.5. The summed E-state index contributed by atoms with van der Waals surface area (Å²) in [5, 5.41) is 8.44. The Morgan fingerprint density at radius 2 is 0.797 bits per heavy atom. The third kappa shape index (κ3) is 31.9. The number of esters is 1. The number of allylic oxidation sites excluding steroid dienone is 6. The highest BCUT2D eigenvalue weighted by Crippen LogP contribution is 2.17. The van der Waals surface area contributed by atoms with Crippen LogP contribution in [0.2, 0.25) is 0 Å². The summed E-state index contributed by atoms with van der Waals surface area (Å²) >= 11 is 5.44. The average Bonchev–Trinajstić information content (AvgIpc) is 3.31. The van der Waals surface area contributed by atoms with Crippen LogP contribution in [-0.4, -0.2) is 49.2 Å². The van der Waals surface area contributed by atoms with E-state index in [1.807, 2.05) is 12.1 Å². The normalized spacial score (nSPS) is 10.9. The predicted molar refractivity (Wildman–Crippen MR) is 266 cm³/mol. The number of ether oxygens (including phenoxy) is 4. The Labute approximate surface area is 391 Å². The first-order valence-electron chi connectivity index (χ1n) is 23.9. The fourth-order valence-electron chi connectivity index (χ4n) is 6.21. The molecule has 64 heavy (non-hydrogen) atoms. The molecular formula is C55H79ClO8. The van der Waals surface area contributed by atoms with E-state index >= 15 is 0 Å². The minimum absolute atomic E-state index is 0.263. The van der Waals surface area contributed by atoms with Crippen molar-refractivity contribution in [3.8, 4) is 17.2 Å². The second kappa shape index (κ2) is 40.9. The molecule has 9 heteroatoms. The Morgan fingerprint density at radius 3 is 1.14 bits per heavy atom. The zero-order chi connectivity index (χ0) is 46.7. The lowest BCUT2D eigenvalue weighted by atomic mass is 10.1. The SMILES string of the molecule is CCCCCC/C=C\CCCOc1cccc(C(=O)Cl)c1.CCCCCC/C=C\CCCOc1cccc(C(=O)O)c1.CCCCCC/C=C\CCCOc1cccc(C(=O)OC)c1. The predicted octanol–water partition coefficient (Wildman–Crippen LogP) is 16.0. The van der Waals surface area contributed by atoms with Crippen molar-refractivity contribution in [3.05, 3.63) is 126 Å². The molecule has 0 atom stereocenters. The van der Waals surface area contributed by atoms with Crippen LogP contribution in [-0.2, 0) is 4.74 Å². The third-order valence-electron chi connectivity index (χ3n) is 9.92. The molecule has 0 radical (unpaired) electrons. The minimum atomic E-state index is -0.925. The first-order valence-corrected chi connectivity index (χ1v) is 24.3. The molecular weight excluding hydrogens is 824 g/mol. The summed E-state index contributed by atoms with van der Waals surface area (Å²) in [6.07, 6.45) is 38.7. The van der Waals surface area contributed by atoms with Gasteiger partial charge in [-0.25, -0.2) is 9.59 Å². The summed E-state index contributed by atoms with van der Waals surface area (Å²) in [6, 6.07) is 20.7. The van der Waals surface area contributed by atoms with E-state index in [2.05, 4.69) is 57.2 Å². The molecule has 0 aliphatic heterocycles. The first kappa shape index (κ1) is 57.2. The van der Waals surface area contributed by atoms with E-state index in [9.17, 15) is 14.4 Å². The molecule has 0 fully saturated rings. The molecule has 1 N–H and O–H groups in total. The highest BCUT2D eigenvalue weighted by molar-refractivity contribution is 6.67. The van der Waals surface area contributed by atoms with Gasteiger partial charge in [0.25, 0.3) is 5.24 Å². The van der Waals surface area contributed by atoms with Crippen LogP contribution in [0.4, 0.5) is 0 Å². The lowest BCUT2D eigenvalue weighted by Gasteiger charge is -2.06. The Balaban J connectivity index is 0.000000480. The topological polar surface area (TPSA) is 108 Å². The molecule has 3 aromatic carbocycles. The van der Waals surface area contributed by atoms with Crippen LogP contribution in [0.25, 0.3) is 0 Å². The summed E-state index contributed by atoms with van der Waals surface area (Å²) in [7, 11) is 1.38. The van der Waals surface area contributed by atoms with Crippen LogP contribution < -0.4 is 14.2 Å². The maximum atomic E-state index is 11.4. The van der Waals surface area contributed by atoms with Crippen molar-refractivity contribution in [2.24, 2.45) is 0 Å². The number of benzene rings is 3. The fraction of sp³-hybridized carbons (Fsp3) is 0.509. The second-order valence-corrected chi connectivity index (χ2v) is 15.9. The lowest BCUT2D eigenvalue weighted by molar-refractivity contribution is 0.0599. The highest BCUT2D eigenvalue weighted by Gasteiger charge is 2.06. The van der Waals surface area contributed by atoms with E-state index in [-0.39, 0.29) is 11.5 Å². The quantitative estimate of drug-likeness (QED) is 0.0279. The standard InChI is InChI=1S/C19H28O3.C18H25ClO2.C18H26O3/c1-3-4-5-6-7-8-9-10-11-15-22-18-14-12-13-17(16-18)19(20)21-2;2*1-2-3-4-5-6-7-8-9-10-14-21-17-13-11-12-16(15-17)18(19)20/h8-9,12-14,16H,3-7,10-11,15H2,1-2H3;7-8,11-13,15H,2-6,9-10,14H2,1H3;7-8,11-13,15H,2-6,9-10,14H2,1H3,(H,19,20)/b9-8-;2*8-7-.